The number of halogens is 4. The van der Waals surface area contributed by atoms with E-state index < -0.39 is 17.5 Å². The van der Waals surface area contributed by atoms with Gasteiger partial charge in [-0.2, -0.15) is 0 Å². The number of alkyl halides is 1. The molecule has 88 valence electrons. The highest BCUT2D eigenvalue weighted by Crippen LogP contribution is 2.26. The number of benzene rings is 2. The summed E-state index contributed by atoms with van der Waals surface area (Å²) in [6.07, 6.45) is 0. The summed E-state index contributed by atoms with van der Waals surface area (Å²) in [6, 6.07) is 7.87. The molecule has 0 aliphatic rings. The molecule has 0 N–H and O–H groups in total. The van der Waals surface area contributed by atoms with Crippen LogP contribution in [-0.2, 0) is 5.88 Å². The van der Waals surface area contributed by atoms with E-state index in [1.807, 2.05) is 0 Å². The van der Waals surface area contributed by atoms with E-state index in [2.05, 4.69) is 0 Å². The normalized spacial score (nSPS) is 10.6. The minimum absolute atomic E-state index is 0.0173. The Morgan fingerprint density at radius 1 is 0.941 bits per heavy atom. The van der Waals surface area contributed by atoms with E-state index in [4.69, 9.17) is 11.6 Å². The average Bonchev–Trinajstić information content (AvgIpc) is 2.34. The van der Waals surface area contributed by atoms with E-state index >= 15 is 0 Å². The standard InChI is InChI=1S/C13H8ClF3/c14-7-9-6-8(4-5-11(9)15)10-2-1-3-12(16)13(10)17/h1-6H,7H2. The van der Waals surface area contributed by atoms with Crippen molar-refractivity contribution in [3.63, 3.8) is 0 Å². The number of hydrogen-bond acceptors (Lipinski definition) is 0. The summed E-state index contributed by atoms with van der Waals surface area (Å²) < 4.78 is 39.8. The van der Waals surface area contributed by atoms with Gasteiger partial charge in [-0.1, -0.05) is 18.2 Å². The third-order valence-electron chi connectivity index (χ3n) is 2.45. The van der Waals surface area contributed by atoms with Gasteiger partial charge in [0.15, 0.2) is 11.6 Å². The summed E-state index contributed by atoms with van der Waals surface area (Å²) in [5, 5.41) is 0. The third-order valence-corrected chi connectivity index (χ3v) is 2.74. The summed E-state index contributed by atoms with van der Waals surface area (Å²) in [7, 11) is 0. The Bertz CT molecular complexity index is 552. The van der Waals surface area contributed by atoms with Gasteiger partial charge in [0.25, 0.3) is 0 Å². The molecule has 2 aromatic rings. The van der Waals surface area contributed by atoms with Crippen LogP contribution in [0.4, 0.5) is 13.2 Å². The first kappa shape index (κ1) is 12.0. The quantitative estimate of drug-likeness (QED) is 0.694. The van der Waals surface area contributed by atoms with Crippen LogP contribution in [0.5, 0.6) is 0 Å². The zero-order chi connectivity index (χ0) is 12.4. The van der Waals surface area contributed by atoms with E-state index in [0.29, 0.717) is 5.56 Å². The van der Waals surface area contributed by atoms with Crippen molar-refractivity contribution in [3.8, 4) is 11.1 Å². The Hall–Kier alpha value is -1.48. The highest BCUT2D eigenvalue weighted by molar-refractivity contribution is 6.17. The molecule has 17 heavy (non-hydrogen) atoms. The van der Waals surface area contributed by atoms with Gasteiger partial charge in [0.2, 0.25) is 0 Å². The van der Waals surface area contributed by atoms with Crippen LogP contribution in [0.2, 0.25) is 0 Å². The molecular weight excluding hydrogens is 249 g/mol. The molecule has 0 radical (unpaired) electrons. The minimum atomic E-state index is -0.945. The monoisotopic (exact) mass is 256 g/mol. The van der Waals surface area contributed by atoms with Crippen molar-refractivity contribution in [1.82, 2.24) is 0 Å². The van der Waals surface area contributed by atoms with Gasteiger partial charge in [-0.15, -0.1) is 11.6 Å². The van der Waals surface area contributed by atoms with Crippen molar-refractivity contribution in [2.75, 3.05) is 0 Å². The maximum atomic E-state index is 13.5. The molecule has 2 rings (SSSR count). The summed E-state index contributed by atoms with van der Waals surface area (Å²) >= 11 is 5.55. The van der Waals surface area contributed by atoms with Crippen LogP contribution in [0, 0.1) is 17.5 Å². The fraction of sp³-hybridized carbons (Fsp3) is 0.0769. The van der Waals surface area contributed by atoms with Gasteiger partial charge in [0.1, 0.15) is 5.82 Å². The molecule has 0 heterocycles. The van der Waals surface area contributed by atoms with Gasteiger partial charge in [-0.05, 0) is 23.8 Å². The number of hydrogen-bond donors (Lipinski definition) is 0. The molecule has 0 atom stereocenters. The van der Waals surface area contributed by atoms with Crippen LogP contribution in [-0.4, -0.2) is 0 Å². The lowest BCUT2D eigenvalue weighted by molar-refractivity contribution is 0.511. The van der Waals surface area contributed by atoms with E-state index in [0.717, 1.165) is 6.07 Å². The molecule has 0 aliphatic carbocycles. The molecule has 0 bridgehead atoms. The summed E-state index contributed by atoms with van der Waals surface area (Å²) in [6.45, 7) is 0. The number of rotatable bonds is 2. The third kappa shape index (κ3) is 2.29. The van der Waals surface area contributed by atoms with E-state index in [1.54, 1.807) is 0 Å². The van der Waals surface area contributed by atoms with Gasteiger partial charge in [0.05, 0.1) is 5.88 Å². The van der Waals surface area contributed by atoms with Gasteiger partial charge in [0, 0.05) is 11.1 Å². The predicted octanol–water partition coefficient (Wildman–Crippen LogP) is 4.51. The Balaban J connectivity index is 2.57. The molecule has 0 aliphatic heterocycles. The molecule has 0 unspecified atom stereocenters. The Kier molecular flexibility index (Phi) is 3.38. The van der Waals surface area contributed by atoms with Gasteiger partial charge in [-0.25, -0.2) is 13.2 Å². The minimum Gasteiger partial charge on any atom is -0.207 e. The second-order valence-electron chi connectivity index (χ2n) is 3.54. The van der Waals surface area contributed by atoms with Crippen molar-refractivity contribution in [1.29, 1.82) is 0 Å². The SMILES string of the molecule is Fc1ccc(-c2cccc(F)c2F)cc1CCl. The smallest absolute Gasteiger partial charge is 0.166 e. The summed E-state index contributed by atoms with van der Waals surface area (Å²) in [5.74, 6) is -2.35. The maximum Gasteiger partial charge on any atom is 0.166 e. The first-order valence-electron chi connectivity index (χ1n) is 4.92. The molecular formula is C13H8ClF3. The largest absolute Gasteiger partial charge is 0.207 e. The zero-order valence-electron chi connectivity index (χ0n) is 8.68. The Morgan fingerprint density at radius 2 is 1.71 bits per heavy atom. The van der Waals surface area contributed by atoms with E-state index in [-0.39, 0.29) is 17.0 Å². The van der Waals surface area contributed by atoms with Crippen LogP contribution >= 0.6 is 11.6 Å². The van der Waals surface area contributed by atoms with Crippen molar-refractivity contribution in [3.05, 3.63) is 59.4 Å². The second-order valence-corrected chi connectivity index (χ2v) is 3.81. The average molecular weight is 257 g/mol. The molecule has 0 saturated heterocycles. The highest BCUT2D eigenvalue weighted by Gasteiger charge is 2.11. The molecule has 2 aromatic carbocycles. The predicted molar refractivity (Wildman–Crippen MR) is 61.3 cm³/mol. The van der Waals surface area contributed by atoms with Crippen LogP contribution < -0.4 is 0 Å². The van der Waals surface area contributed by atoms with Gasteiger partial charge >= 0.3 is 0 Å². The first-order chi connectivity index (χ1) is 8.13. The summed E-state index contributed by atoms with van der Waals surface area (Å²) in [5.41, 5.74) is 0.753. The maximum absolute atomic E-state index is 13.5. The fourth-order valence-corrected chi connectivity index (χ4v) is 1.78. The van der Waals surface area contributed by atoms with Crippen LogP contribution in [0.1, 0.15) is 5.56 Å². The molecule has 0 spiro atoms. The molecule has 0 aromatic heterocycles. The van der Waals surface area contributed by atoms with Crippen molar-refractivity contribution in [2.24, 2.45) is 0 Å². The van der Waals surface area contributed by atoms with E-state index in [9.17, 15) is 13.2 Å². The van der Waals surface area contributed by atoms with Crippen LogP contribution in [0.15, 0.2) is 36.4 Å². The van der Waals surface area contributed by atoms with Gasteiger partial charge < -0.3 is 0 Å². The molecule has 0 fully saturated rings. The van der Waals surface area contributed by atoms with Crippen LogP contribution in [0.3, 0.4) is 0 Å². The van der Waals surface area contributed by atoms with Crippen molar-refractivity contribution in [2.45, 2.75) is 5.88 Å². The molecule has 0 saturated carbocycles. The Morgan fingerprint density at radius 3 is 2.41 bits per heavy atom. The topological polar surface area (TPSA) is 0 Å². The lowest BCUT2D eigenvalue weighted by atomic mass is 10.0. The molecule has 4 heteroatoms. The van der Waals surface area contributed by atoms with Gasteiger partial charge in [-0.3, -0.25) is 0 Å². The lowest BCUT2D eigenvalue weighted by Gasteiger charge is -2.06. The highest BCUT2D eigenvalue weighted by atomic mass is 35.5. The Labute approximate surface area is 102 Å². The zero-order valence-corrected chi connectivity index (χ0v) is 9.44. The van der Waals surface area contributed by atoms with Crippen LogP contribution in [0.25, 0.3) is 11.1 Å². The molecule has 0 nitrogen and oxygen atoms in total. The fourth-order valence-electron chi connectivity index (χ4n) is 1.57. The van der Waals surface area contributed by atoms with Crippen molar-refractivity contribution >= 4 is 11.6 Å². The van der Waals surface area contributed by atoms with Crippen molar-refractivity contribution < 1.29 is 13.2 Å². The molecule has 0 amide bonds. The second kappa shape index (κ2) is 4.80. The first-order valence-corrected chi connectivity index (χ1v) is 5.45. The van der Waals surface area contributed by atoms with E-state index in [1.165, 1.54) is 30.3 Å². The summed E-state index contributed by atoms with van der Waals surface area (Å²) in [4.78, 5) is 0. The lowest BCUT2D eigenvalue weighted by Crippen LogP contribution is -1.92.